The van der Waals surface area contributed by atoms with E-state index in [1.807, 2.05) is 0 Å². The Bertz CT molecular complexity index is 1440. The van der Waals surface area contributed by atoms with Gasteiger partial charge in [0.1, 0.15) is 11.5 Å². The van der Waals surface area contributed by atoms with Crippen molar-refractivity contribution in [2.24, 2.45) is 21.5 Å². The highest BCUT2D eigenvalue weighted by Gasteiger charge is 2.17. The number of nitrogens with one attached hydrogen (secondary N) is 2. The third kappa shape index (κ3) is 9.88. The predicted molar refractivity (Wildman–Crippen MR) is 166 cm³/mol. The van der Waals surface area contributed by atoms with Gasteiger partial charge in [-0.05, 0) is 24.3 Å². The fraction of sp³-hybridized carbons (Fsp3) is 0.250. The number of amides is 2. The summed E-state index contributed by atoms with van der Waals surface area (Å²) in [4.78, 5) is 47.7. The van der Waals surface area contributed by atoms with Crippen LogP contribution in [0.4, 0.5) is 23.3 Å². The van der Waals surface area contributed by atoms with Gasteiger partial charge < -0.3 is 43.9 Å². The van der Waals surface area contributed by atoms with Crippen molar-refractivity contribution < 1.29 is 19.1 Å². The summed E-state index contributed by atoms with van der Waals surface area (Å²) in [7, 11) is 0. The van der Waals surface area contributed by atoms with Gasteiger partial charge >= 0.3 is 0 Å². The van der Waals surface area contributed by atoms with Gasteiger partial charge in [0.2, 0.25) is 0 Å². The van der Waals surface area contributed by atoms with E-state index in [1.165, 1.54) is 0 Å². The van der Waals surface area contributed by atoms with Gasteiger partial charge in [-0.15, -0.1) is 0 Å². The molecule has 3 aromatic rings. The first-order valence-electron chi connectivity index (χ1n) is 12.7. The van der Waals surface area contributed by atoms with Gasteiger partial charge in [0.25, 0.3) is 11.8 Å². The van der Waals surface area contributed by atoms with Crippen molar-refractivity contribution in [2.75, 3.05) is 49.2 Å². The maximum absolute atomic E-state index is 12.2. The van der Waals surface area contributed by atoms with Gasteiger partial charge in [-0.2, -0.15) is 0 Å². The van der Waals surface area contributed by atoms with E-state index in [4.69, 9.17) is 67.1 Å². The van der Waals surface area contributed by atoms with E-state index in [-0.39, 0.29) is 70.0 Å². The minimum Gasteiger partial charge on any atom is -0.494 e. The van der Waals surface area contributed by atoms with Gasteiger partial charge in [-0.25, -0.2) is 19.9 Å². The highest BCUT2D eigenvalue weighted by atomic mass is 35.5. The Morgan fingerprint density at radius 1 is 0.659 bits per heavy atom. The number of carbonyl (C=O) groups excluding carboxylic acids is 2. The van der Waals surface area contributed by atoms with Crippen LogP contribution in [0.2, 0.25) is 10.3 Å². The van der Waals surface area contributed by atoms with E-state index in [9.17, 15) is 9.59 Å². The number of hydrogen-bond acceptors (Lipinski definition) is 14. The average molecular weight is 650 g/mol. The molecule has 0 saturated heterocycles. The molecule has 0 atom stereocenters. The molecule has 44 heavy (non-hydrogen) atoms. The molecule has 0 saturated carbocycles. The minimum atomic E-state index is -0.722. The number of carbonyl (C=O) groups is 2. The molecule has 0 fully saturated rings. The van der Waals surface area contributed by atoms with Crippen molar-refractivity contribution in [3.63, 3.8) is 0 Å². The van der Waals surface area contributed by atoms with Crippen LogP contribution in [0.3, 0.4) is 0 Å². The molecule has 2 amide bonds. The van der Waals surface area contributed by atoms with E-state index >= 15 is 0 Å². The van der Waals surface area contributed by atoms with E-state index < -0.39 is 11.8 Å². The highest BCUT2D eigenvalue weighted by molar-refractivity contribution is 6.32. The first-order valence-corrected chi connectivity index (χ1v) is 13.4. The lowest BCUT2D eigenvalue weighted by atomic mass is 10.3. The quantitative estimate of drug-likeness (QED) is 0.0724. The van der Waals surface area contributed by atoms with E-state index in [0.29, 0.717) is 37.6 Å². The Kier molecular flexibility index (Phi) is 11.9. The van der Waals surface area contributed by atoms with E-state index in [1.54, 1.807) is 24.3 Å². The molecule has 2 aromatic heterocycles. The summed E-state index contributed by atoms with van der Waals surface area (Å²) in [6, 6.07) is 7.00. The van der Waals surface area contributed by atoms with Crippen LogP contribution in [0.5, 0.6) is 11.5 Å². The number of ether oxygens (including phenoxy) is 2. The maximum atomic E-state index is 12.2. The predicted octanol–water partition coefficient (Wildman–Crippen LogP) is -0.0706. The number of guanidine groups is 2. The largest absolute Gasteiger partial charge is 0.494 e. The smallest absolute Gasteiger partial charge is 0.280 e. The normalized spacial score (nSPS) is 11.6. The standard InChI is InChI=1S/C24H30Cl2N14O4/c25-15-19(29)37-17(27)13(35-15)21(41)39-23(31)33-7-1-9-43-11-3-5-12(6-4-11)44-10-2-8-34-24(32)40-22(42)14-18(28)38-20(30)16(26)36-14/h3-6H,1-2,7-10H2,(H4,27,29,37)(H4,28,30,38)(H3,31,33,39,41)(H3,32,34,40,42). The molecule has 0 bridgehead atoms. The monoisotopic (exact) mass is 648 g/mol. The van der Waals surface area contributed by atoms with Crippen LogP contribution in [0.1, 0.15) is 33.8 Å². The lowest BCUT2D eigenvalue weighted by Crippen LogP contribution is -2.38. The molecule has 3 rings (SSSR count). The molecule has 0 aliphatic carbocycles. The van der Waals surface area contributed by atoms with Crippen molar-refractivity contribution in [3.8, 4) is 11.5 Å². The molecule has 18 nitrogen and oxygen atoms in total. The summed E-state index contributed by atoms with van der Waals surface area (Å²) in [5, 5.41) is 4.40. The van der Waals surface area contributed by atoms with Crippen LogP contribution >= 0.6 is 23.2 Å². The summed E-state index contributed by atoms with van der Waals surface area (Å²) in [5.74, 6) is -1.03. The lowest BCUT2D eigenvalue weighted by Gasteiger charge is -2.09. The number of aliphatic imine (C=N–C) groups is 2. The maximum Gasteiger partial charge on any atom is 0.280 e. The number of nitrogens with zero attached hydrogens (tertiary/aromatic N) is 6. The molecule has 0 aliphatic heterocycles. The first kappa shape index (κ1) is 33.1. The average Bonchev–Trinajstić information content (AvgIpc) is 2.97. The molecule has 0 radical (unpaired) electrons. The Morgan fingerprint density at radius 3 is 1.39 bits per heavy atom. The number of halogens is 2. The third-order valence-electron chi connectivity index (χ3n) is 5.25. The van der Waals surface area contributed by atoms with Crippen LogP contribution < -0.4 is 54.5 Å². The number of anilines is 4. The second-order valence-corrected chi connectivity index (χ2v) is 9.30. The number of rotatable bonds is 12. The number of benzene rings is 1. The number of aromatic nitrogens is 4. The van der Waals surface area contributed by atoms with Gasteiger partial charge in [0.15, 0.2) is 56.9 Å². The SMILES string of the molecule is NC(=NCCCOc1ccc(OCCCN=C(N)NC(=O)c2nc(Cl)c(N)nc2N)cc1)NC(=O)c1nc(Cl)c(N)nc1N. The van der Waals surface area contributed by atoms with Crippen molar-refractivity contribution >= 4 is 70.2 Å². The van der Waals surface area contributed by atoms with Crippen LogP contribution in [-0.4, -0.2) is 70.0 Å². The fourth-order valence-electron chi connectivity index (χ4n) is 3.19. The molecular weight excluding hydrogens is 619 g/mol. The van der Waals surface area contributed by atoms with Crippen molar-refractivity contribution in [1.29, 1.82) is 0 Å². The second kappa shape index (κ2) is 15.8. The molecule has 14 N–H and O–H groups in total. The molecule has 234 valence electrons. The molecule has 1 aromatic carbocycles. The van der Waals surface area contributed by atoms with E-state index in [2.05, 4.69) is 40.6 Å². The van der Waals surface area contributed by atoms with Crippen molar-refractivity contribution in [3.05, 3.63) is 46.0 Å². The van der Waals surface area contributed by atoms with Crippen molar-refractivity contribution in [1.82, 2.24) is 30.6 Å². The van der Waals surface area contributed by atoms with Gasteiger partial charge in [0.05, 0.1) is 13.2 Å². The van der Waals surface area contributed by atoms with Gasteiger partial charge in [-0.1, -0.05) is 23.2 Å². The lowest BCUT2D eigenvalue weighted by molar-refractivity contribution is 0.0964. The fourth-order valence-corrected chi connectivity index (χ4v) is 3.44. The number of nitrogen functional groups attached to an aromatic ring is 4. The van der Waals surface area contributed by atoms with E-state index in [0.717, 1.165) is 0 Å². The second-order valence-electron chi connectivity index (χ2n) is 8.58. The summed E-state index contributed by atoms with van der Waals surface area (Å²) in [5.41, 5.74) is 33.3. The zero-order chi connectivity index (χ0) is 32.2. The third-order valence-corrected chi connectivity index (χ3v) is 5.81. The summed E-state index contributed by atoms with van der Waals surface area (Å²) in [6.45, 7) is 1.26. The minimum absolute atomic E-state index is 0.0936. The summed E-state index contributed by atoms with van der Waals surface area (Å²) >= 11 is 11.6. The van der Waals surface area contributed by atoms with Crippen LogP contribution in [-0.2, 0) is 0 Å². The Labute approximate surface area is 260 Å². The van der Waals surface area contributed by atoms with Crippen LogP contribution in [0, 0.1) is 0 Å². The Balaban J connectivity index is 1.31. The topological polar surface area (TPSA) is 309 Å². The van der Waals surface area contributed by atoms with Crippen LogP contribution in [0.15, 0.2) is 34.3 Å². The Hall–Kier alpha value is -5.36. The van der Waals surface area contributed by atoms with Crippen LogP contribution in [0.25, 0.3) is 0 Å². The Morgan fingerprint density at radius 2 is 1.02 bits per heavy atom. The van der Waals surface area contributed by atoms with Gasteiger partial charge in [-0.3, -0.25) is 30.2 Å². The molecule has 2 heterocycles. The zero-order valence-corrected chi connectivity index (χ0v) is 24.6. The zero-order valence-electron chi connectivity index (χ0n) is 23.1. The van der Waals surface area contributed by atoms with Crippen molar-refractivity contribution in [2.45, 2.75) is 12.8 Å². The molecule has 20 heteroatoms. The molecule has 0 unspecified atom stereocenters. The van der Waals surface area contributed by atoms with Gasteiger partial charge in [0, 0.05) is 25.9 Å². The number of hydrogen-bond donors (Lipinski definition) is 8. The molecule has 0 aliphatic rings. The highest BCUT2D eigenvalue weighted by Crippen LogP contribution is 2.19. The molecular formula is C24H30Cl2N14O4. The molecule has 0 spiro atoms. The first-order chi connectivity index (χ1) is 20.9. The summed E-state index contributed by atoms with van der Waals surface area (Å²) in [6.07, 6.45) is 1.03. The summed E-state index contributed by atoms with van der Waals surface area (Å²) < 4.78 is 11.4. The number of nitrogens with two attached hydrogens (primary N) is 6.